The summed E-state index contributed by atoms with van der Waals surface area (Å²) in [5.41, 5.74) is -6.06. The van der Waals surface area contributed by atoms with Crippen molar-refractivity contribution in [2.45, 2.75) is 77.3 Å². The average Bonchev–Trinajstić information content (AvgIpc) is 2.98. The number of nitrogens with zero attached hydrogens (tertiary/aromatic N) is 3. The van der Waals surface area contributed by atoms with Gasteiger partial charge in [-0.05, 0) is 81.5 Å². The Balaban J connectivity index is 2.15. The number of fused-ring (bicyclic) bond motifs is 1. The summed E-state index contributed by atoms with van der Waals surface area (Å²) in [6.45, 7) is 5.03. The maximum atomic E-state index is 13.8. The first-order valence-corrected chi connectivity index (χ1v) is 12.3. The molecular formula is C27H26F9N3O2. The number of hydrogen-bond acceptors (Lipinski definition) is 4. The first kappa shape index (κ1) is 31.9. The number of carbonyl (C=O) groups is 1. The molecule has 0 radical (unpaired) electrons. The summed E-state index contributed by atoms with van der Waals surface area (Å²) in [6.07, 6.45) is -14.0. The Kier molecular flexibility index (Phi) is 8.54. The number of carbonyl (C=O) groups excluding carboxylic acids is 1. The van der Waals surface area contributed by atoms with Crippen molar-refractivity contribution in [3.63, 3.8) is 0 Å². The van der Waals surface area contributed by atoms with E-state index in [1.807, 2.05) is 0 Å². The van der Waals surface area contributed by atoms with Crippen LogP contribution in [0.15, 0.2) is 30.3 Å². The lowest BCUT2D eigenvalue weighted by Crippen LogP contribution is -2.37. The summed E-state index contributed by atoms with van der Waals surface area (Å²) in [4.78, 5) is 14.9. The zero-order chi connectivity index (χ0) is 31.1. The van der Waals surface area contributed by atoms with Crippen LogP contribution in [-0.2, 0) is 29.8 Å². The van der Waals surface area contributed by atoms with Gasteiger partial charge in [-0.3, -0.25) is 9.80 Å². The van der Waals surface area contributed by atoms with Crippen molar-refractivity contribution >= 4 is 11.8 Å². The molecule has 0 bridgehead atoms. The number of amides is 1. The zero-order valence-corrected chi connectivity index (χ0v) is 22.4. The maximum absolute atomic E-state index is 13.8. The van der Waals surface area contributed by atoms with Gasteiger partial charge in [0.1, 0.15) is 5.60 Å². The molecule has 0 aromatic heterocycles. The van der Waals surface area contributed by atoms with E-state index in [1.54, 1.807) is 27.0 Å². The van der Waals surface area contributed by atoms with Crippen LogP contribution in [0.5, 0.6) is 0 Å². The predicted molar refractivity (Wildman–Crippen MR) is 129 cm³/mol. The lowest BCUT2D eigenvalue weighted by molar-refractivity contribution is -0.143. The second kappa shape index (κ2) is 11.0. The lowest BCUT2D eigenvalue weighted by Gasteiger charge is -2.31. The van der Waals surface area contributed by atoms with Gasteiger partial charge >= 0.3 is 24.6 Å². The molecule has 0 N–H and O–H groups in total. The fourth-order valence-electron chi connectivity index (χ4n) is 4.60. The van der Waals surface area contributed by atoms with Crippen molar-refractivity contribution in [2.24, 2.45) is 0 Å². The number of hydrogen-bond donors (Lipinski definition) is 0. The number of halogens is 9. The molecule has 41 heavy (non-hydrogen) atoms. The highest BCUT2D eigenvalue weighted by atomic mass is 19.4. The summed E-state index contributed by atoms with van der Waals surface area (Å²) in [5, 5.41) is 9.94. The van der Waals surface area contributed by atoms with Crippen LogP contribution in [0.25, 0.3) is 0 Å². The number of alkyl halides is 9. The Labute approximate surface area is 230 Å². The van der Waals surface area contributed by atoms with Crippen LogP contribution in [0.4, 0.5) is 50.0 Å². The van der Waals surface area contributed by atoms with E-state index in [1.165, 1.54) is 6.92 Å². The van der Waals surface area contributed by atoms with Crippen LogP contribution in [0.1, 0.15) is 73.0 Å². The minimum absolute atomic E-state index is 0.0398. The molecule has 224 valence electrons. The second-order valence-electron chi connectivity index (χ2n) is 10.7. The largest absolute Gasteiger partial charge is 0.443 e. The van der Waals surface area contributed by atoms with Gasteiger partial charge in [0.15, 0.2) is 6.19 Å². The molecule has 0 spiro atoms. The molecule has 5 nitrogen and oxygen atoms in total. The highest BCUT2D eigenvalue weighted by Crippen LogP contribution is 2.43. The van der Waals surface area contributed by atoms with E-state index in [-0.39, 0.29) is 42.3 Å². The zero-order valence-electron chi connectivity index (χ0n) is 22.4. The summed E-state index contributed by atoms with van der Waals surface area (Å²) in [5.74, 6) is 0. The van der Waals surface area contributed by atoms with Crippen LogP contribution in [0.3, 0.4) is 0 Å². The summed E-state index contributed by atoms with van der Waals surface area (Å²) in [7, 11) is 0. The van der Waals surface area contributed by atoms with Gasteiger partial charge in [-0.2, -0.15) is 44.8 Å². The monoisotopic (exact) mass is 595 g/mol. The second-order valence-corrected chi connectivity index (χ2v) is 10.7. The van der Waals surface area contributed by atoms with Crippen LogP contribution in [-0.4, -0.2) is 23.1 Å². The van der Waals surface area contributed by atoms with Gasteiger partial charge in [-0.25, -0.2) is 4.79 Å². The number of anilines is 1. The number of benzene rings is 2. The summed E-state index contributed by atoms with van der Waals surface area (Å²) in [6, 6.07) is 1.73. The Morgan fingerprint density at radius 2 is 1.51 bits per heavy atom. The van der Waals surface area contributed by atoms with Crippen LogP contribution >= 0.6 is 0 Å². The summed E-state index contributed by atoms with van der Waals surface area (Å²) >= 11 is 0. The topological polar surface area (TPSA) is 56.6 Å². The molecular weight excluding hydrogens is 569 g/mol. The average molecular weight is 596 g/mol. The fourth-order valence-corrected chi connectivity index (χ4v) is 4.60. The fraction of sp³-hybridized carbons (Fsp3) is 0.481. The quantitative estimate of drug-likeness (QED) is 0.203. The first-order chi connectivity index (χ1) is 18.6. The van der Waals surface area contributed by atoms with Crippen molar-refractivity contribution in [1.29, 1.82) is 5.26 Å². The molecule has 0 aliphatic carbocycles. The third kappa shape index (κ3) is 7.56. The molecule has 1 unspecified atom stereocenters. The van der Waals surface area contributed by atoms with Crippen LogP contribution in [0, 0.1) is 18.4 Å². The van der Waals surface area contributed by atoms with E-state index >= 15 is 0 Å². The van der Waals surface area contributed by atoms with Gasteiger partial charge in [0, 0.05) is 6.54 Å². The van der Waals surface area contributed by atoms with Gasteiger partial charge in [0.25, 0.3) is 0 Å². The number of nitriles is 1. The van der Waals surface area contributed by atoms with Crippen molar-refractivity contribution < 1.29 is 49.0 Å². The number of ether oxygens (including phenoxy) is 1. The van der Waals surface area contributed by atoms with E-state index in [9.17, 15) is 49.6 Å². The molecule has 1 atom stereocenters. The van der Waals surface area contributed by atoms with E-state index in [2.05, 4.69) is 0 Å². The molecule has 0 fully saturated rings. The number of rotatable bonds is 3. The SMILES string of the molecule is Cc1cc2c(cc1C(F)(F)F)N(C(=O)OC(C)(C)C)CCCC2N(C#N)Cc1cc(C(F)(F)F)cc(C(F)(F)F)c1. The van der Waals surface area contributed by atoms with Gasteiger partial charge in [0.2, 0.25) is 0 Å². The molecule has 14 heteroatoms. The smallest absolute Gasteiger partial charge is 0.416 e. The summed E-state index contributed by atoms with van der Waals surface area (Å²) < 4.78 is 127. The molecule has 0 saturated carbocycles. The Bertz CT molecular complexity index is 1300. The van der Waals surface area contributed by atoms with Crippen molar-refractivity contribution in [1.82, 2.24) is 4.90 Å². The van der Waals surface area contributed by atoms with Crippen molar-refractivity contribution in [3.05, 3.63) is 63.7 Å². The minimum atomic E-state index is -5.11. The normalized spacial score (nSPS) is 16.5. The molecule has 1 amide bonds. The van der Waals surface area contributed by atoms with E-state index in [0.29, 0.717) is 12.1 Å². The van der Waals surface area contributed by atoms with Crippen LogP contribution in [0.2, 0.25) is 0 Å². The van der Waals surface area contributed by atoms with Gasteiger partial charge in [-0.15, -0.1) is 0 Å². The lowest BCUT2D eigenvalue weighted by atomic mass is 9.94. The molecule has 3 rings (SSSR count). The Morgan fingerprint density at radius 3 is 1.98 bits per heavy atom. The van der Waals surface area contributed by atoms with Gasteiger partial charge in [-0.1, -0.05) is 6.07 Å². The molecule has 1 aliphatic heterocycles. The molecule has 0 saturated heterocycles. The van der Waals surface area contributed by atoms with Gasteiger partial charge < -0.3 is 4.74 Å². The van der Waals surface area contributed by atoms with Crippen molar-refractivity contribution in [2.75, 3.05) is 11.4 Å². The molecule has 2 aromatic rings. The highest BCUT2D eigenvalue weighted by molar-refractivity contribution is 5.89. The molecule has 2 aromatic carbocycles. The van der Waals surface area contributed by atoms with Crippen LogP contribution < -0.4 is 4.90 Å². The maximum Gasteiger partial charge on any atom is 0.416 e. The molecule has 1 aliphatic rings. The van der Waals surface area contributed by atoms with Crippen molar-refractivity contribution in [3.8, 4) is 6.19 Å². The van der Waals surface area contributed by atoms with E-state index in [0.717, 1.165) is 21.9 Å². The predicted octanol–water partition coefficient (Wildman–Crippen LogP) is 8.61. The van der Waals surface area contributed by atoms with Gasteiger partial charge in [0.05, 0.1) is 35.0 Å². The highest BCUT2D eigenvalue weighted by Gasteiger charge is 2.40. The minimum Gasteiger partial charge on any atom is -0.443 e. The number of aryl methyl sites for hydroxylation is 1. The van der Waals surface area contributed by atoms with E-state index < -0.39 is 65.1 Å². The Morgan fingerprint density at radius 1 is 0.951 bits per heavy atom. The Hall–Kier alpha value is -3.63. The third-order valence-corrected chi connectivity index (χ3v) is 6.31. The standard InChI is InChI=1S/C27H26F9N3O2/c1-15-8-19-21(38(14-37)13-16-9-17(25(28,29)30)11-18(10-16)26(31,32)33)6-5-7-39(23(40)41-24(2,3)4)22(19)12-20(15)27(34,35)36/h8-12,21H,5-7,13H2,1-4H3. The third-order valence-electron chi connectivity index (χ3n) is 6.31. The van der Waals surface area contributed by atoms with E-state index in [4.69, 9.17) is 4.74 Å². The molecule has 1 heterocycles. The first-order valence-electron chi connectivity index (χ1n) is 12.3.